The van der Waals surface area contributed by atoms with Gasteiger partial charge in [-0.25, -0.2) is 9.69 Å². The van der Waals surface area contributed by atoms with E-state index in [-0.39, 0.29) is 18.9 Å². The maximum absolute atomic E-state index is 12.5. The third-order valence-corrected chi connectivity index (χ3v) is 5.90. The maximum atomic E-state index is 12.5. The van der Waals surface area contributed by atoms with Gasteiger partial charge in [0.2, 0.25) is 5.71 Å². The van der Waals surface area contributed by atoms with E-state index in [1.807, 2.05) is 0 Å². The molecule has 0 atom stereocenters. The molecule has 0 unspecified atom stereocenters. The molecule has 0 saturated heterocycles. The number of nitriles is 1. The van der Waals surface area contributed by atoms with Crippen molar-refractivity contribution in [3.8, 4) is 23.3 Å². The number of rotatable bonds is 8. The predicted molar refractivity (Wildman–Crippen MR) is 146 cm³/mol. The van der Waals surface area contributed by atoms with Crippen LogP contribution in [0.1, 0.15) is 26.3 Å². The molecule has 0 heterocycles. The minimum absolute atomic E-state index is 0.0323. The summed E-state index contributed by atoms with van der Waals surface area (Å²) in [6, 6.07) is 10.1. The Morgan fingerprint density at radius 1 is 1.24 bits per heavy atom. The van der Waals surface area contributed by atoms with Crippen LogP contribution < -0.4 is 10.2 Å². The average molecular weight is 688 g/mol. The van der Waals surface area contributed by atoms with Crippen LogP contribution in [-0.4, -0.2) is 40.9 Å². The van der Waals surface area contributed by atoms with Crippen molar-refractivity contribution in [2.24, 2.45) is 5.10 Å². The SMILES string of the molecule is C=C(C)c1cc(Oc2c(I)cc(NN=C(C#N)C(=O)N(CC)C(=O)OCC)cc2I)ccc1O. The molecule has 0 bridgehead atoms. The van der Waals surface area contributed by atoms with Crippen molar-refractivity contribution >= 4 is 74.2 Å². The molecule has 0 aliphatic rings. The van der Waals surface area contributed by atoms with Crippen molar-refractivity contribution in [2.75, 3.05) is 18.6 Å². The van der Waals surface area contributed by atoms with Crippen LogP contribution in [0, 0.1) is 18.5 Å². The average Bonchev–Trinajstić information content (AvgIpc) is 2.78. The van der Waals surface area contributed by atoms with E-state index in [4.69, 9.17) is 9.47 Å². The van der Waals surface area contributed by atoms with E-state index in [1.165, 1.54) is 0 Å². The fourth-order valence-electron chi connectivity index (χ4n) is 2.69. The van der Waals surface area contributed by atoms with Crippen molar-refractivity contribution in [1.29, 1.82) is 5.26 Å². The van der Waals surface area contributed by atoms with Gasteiger partial charge in [0.05, 0.1) is 19.4 Å². The Bertz CT molecular complexity index is 1170. The second-order valence-corrected chi connectivity index (χ2v) is 9.09. The number of imide groups is 1. The first-order chi connectivity index (χ1) is 16.1. The minimum Gasteiger partial charge on any atom is -0.507 e. The molecule has 2 rings (SSSR count). The largest absolute Gasteiger partial charge is 0.507 e. The number of nitrogens with one attached hydrogen (secondary N) is 1. The van der Waals surface area contributed by atoms with Gasteiger partial charge in [-0.3, -0.25) is 10.2 Å². The van der Waals surface area contributed by atoms with Crippen molar-refractivity contribution in [2.45, 2.75) is 20.8 Å². The summed E-state index contributed by atoms with van der Waals surface area (Å²) in [5.41, 5.74) is 4.00. The number of halogens is 2. The smallest absolute Gasteiger partial charge is 0.416 e. The highest BCUT2D eigenvalue weighted by Crippen LogP contribution is 2.36. The number of phenols is 1. The lowest BCUT2D eigenvalue weighted by molar-refractivity contribution is -0.122. The summed E-state index contributed by atoms with van der Waals surface area (Å²) in [5, 5.41) is 23.2. The number of allylic oxidation sites excluding steroid dienone is 1. The van der Waals surface area contributed by atoms with Crippen molar-refractivity contribution in [3.63, 3.8) is 0 Å². The summed E-state index contributed by atoms with van der Waals surface area (Å²) in [7, 11) is 0. The molecule has 0 spiro atoms. The summed E-state index contributed by atoms with van der Waals surface area (Å²) < 4.78 is 12.3. The third kappa shape index (κ3) is 6.83. The van der Waals surface area contributed by atoms with Gasteiger partial charge >= 0.3 is 6.09 Å². The number of hydrogen-bond acceptors (Lipinski definition) is 8. The summed E-state index contributed by atoms with van der Waals surface area (Å²) in [4.78, 5) is 25.2. The molecule has 9 nitrogen and oxygen atoms in total. The van der Waals surface area contributed by atoms with Crippen LogP contribution >= 0.6 is 45.2 Å². The molecule has 2 aromatic carbocycles. The van der Waals surface area contributed by atoms with Crippen LogP contribution in [0.5, 0.6) is 17.2 Å². The fraction of sp³-hybridized carbons (Fsp3) is 0.217. The van der Waals surface area contributed by atoms with Crippen LogP contribution in [0.3, 0.4) is 0 Å². The Hall–Kier alpha value is -2.86. The maximum Gasteiger partial charge on any atom is 0.416 e. The Morgan fingerprint density at radius 2 is 1.88 bits per heavy atom. The number of phenolic OH excluding ortho intramolecular Hbond substituents is 1. The molecule has 0 aliphatic heterocycles. The monoisotopic (exact) mass is 688 g/mol. The number of benzene rings is 2. The lowest BCUT2D eigenvalue weighted by Crippen LogP contribution is -2.41. The standard InChI is InChI=1S/C23H22I2N4O5/c1-5-29(23(32)33-6-2)22(31)19(12-26)28-27-14-9-17(24)21(18(25)10-14)34-15-7-8-20(30)16(11-15)13(3)4/h7-11,27,30H,3,5-6H2,1-2,4H3. The zero-order valence-corrected chi connectivity index (χ0v) is 23.0. The van der Waals surface area contributed by atoms with Gasteiger partial charge in [-0.2, -0.15) is 10.4 Å². The first kappa shape index (κ1) is 27.4. The Balaban J connectivity index is 2.25. The zero-order valence-electron chi connectivity index (χ0n) is 18.7. The Morgan fingerprint density at radius 3 is 2.41 bits per heavy atom. The molecule has 34 heavy (non-hydrogen) atoms. The Labute approximate surface area is 224 Å². The third-order valence-electron chi connectivity index (χ3n) is 4.30. The number of ether oxygens (including phenoxy) is 2. The van der Waals surface area contributed by atoms with Crippen LogP contribution in [0.25, 0.3) is 5.57 Å². The Kier molecular flexibility index (Phi) is 10.1. The van der Waals surface area contributed by atoms with Gasteiger partial charge in [0.25, 0.3) is 5.91 Å². The molecule has 2 amide bonds. The summed E-state index contributed by atoms with van der Waals surface area (Å²) in [6.45, 7) is 8.99. The predicted octanol–water partition coefficient (Wildman–Crippen LogP) is 5.72. The number of anilines is 1. The van der Waals surface area contributed by atoms with Crippen molar-refractivity contribution in [1.82, 2.24) is 4.90 Å². The molecular weight excluding hydrogens is 666 g/mol. The molecule has 0 fully saturated rings. The molecule has 0 radical (unpaired) electrons. The van der Waals surface area contributed by atoms with Gasteiger partial charge < -0.3 is 14.6 Å². The second-order valence-electron chi connectivity index (χ2n) is 6.76. The van der Waals surface area contributed by atoms with E-state index in [1.54, 1.807) is 57.2 Å². The van der Waals surface area contributed by atoms with E-state index in [0.717, 1.165) is 12.0 Å². The molecular formula is C23H22I2N4O5. The normalized spacial score (nSPS) is 10.8. The minimum atomic E-state index is -0.860. The highest BCUT2D eigenvalue weighted by atomic mass is 127. The van der Waals surface area contributed by atoms with Gasteiger partial charge in [0, 0.05) is 12.1 Å². The van der Waals surface area contributed by atoms with E-state index < -0.39 is 17.7 Å². The van der Waals surface area contributed by atoms with Crippen molar-refractivity contribution in [3.05, 3.63) is 49.6 Å². The molecule has 2 N–H and O–H groups in total. The topological polar surface area (TPSA) is 124 Å². The highest BCUT2D eigenvalue weighted by molar-refractivity contribution is 14.1. The summed E-state index contributed by atoms with van der Waals surface area (Å²) in [6.07, 6.45) is -0.840. The molecule has 178 valence electrons. The molecule has 2 aromatic rings. The number of carbonyl (C=O) groups is 2. The van der Waals surface area contributed by atoms with E-state index in [2.05, 4.69) is 62.3 Å². The van der Waals surface area contributed by atoms with Crippen LogP contribution in [0.15, 0.2) is 42.0 Å². The quantitative estimate of drug-likeness (QED) is 0.207. The lowest BCUT2D eigenvalue weighted by atomic mass is 10.1. The van der Waals surface area contributed by atoms with Gasteiger partial charge in [-0.15, -0.1) is 0 Å². The van der Waals surface area contributed by atoms with E-state index >= 15 is 0 Å². The van der Waals surface area contributed by atoms with E-state index in [9.17, 15) is 20.0 Å². The summed E-state index contributed by atoms with van der Waals surface area (Å²) >= 11 is 4.19. The van der Waals surface area contributed by atoms with E-state index in [0.29, 0.717) is 28.3 Å². The molecule has 0 aliphatic carbocycles. The first-order valence-electron chi connectivity index (χ1n) is 10.0. The van der Waals surface area contributed by atoms with Gasteiger partial charge in [-0.1, -0.05) is 6.58 Å². The second kappa shape index (κ2) is 12.6. The van der Waals surface area contributed by atoms with Crippen LogP contribution in [0.4, 0.5) is 10.5 Å². The number of amides is 2. The van der Waals surface area contributed by atoms with Gasteiger partial charge in [-0.05, 0) is 102 Å². The lowest BCUT2D eigenvalue weighted by Gasteiger charge is -2.17. The van der Waals surface area contributed by atoms with Crippen molar-refractivity contribution < 1.29 is 24.2 Å². The first-order valence-corrected chi connectivity index (χ1v) is 12.2. The van der Waals surface area contributed by atoms with Crippen LogP contribution in [0.2, 0.25) is 0 Å². The fourth-order valence-corrected chi connectivity index (χ4v) is 4.67. The number of nitrogens with zero attached hydrogens (tertiary/aromatic N) is 3. The van der Waals surface area contributed by atoms with Gasteiger partial charge in [0.15, 0.2) is 5.75 Å². The number of carbonyl (C=O) groups excluding carboxylic acids is 2. The highest BCUT2D eigenvalue weighted by Gasteiger charge is 2.26. The number of hydrazone groups is 1. The molecule has 11 heteroatoms. The van der Waals surface area contributed by atoms with Crippen LogP contribution in [-0.2, 0) is 9.53 Å². The molecule has 0 aromatic heterocycles. The molecule has 0 saturated carbocycles. The summed E-state index contributed by atoms with van der Waals surface area (Å²) in [5.74, 6) is 0.376. The zero-order chi connectivity index (χ0) is 25.4. The number of hydrogen-bond donors (Lipinski definition) is 2. The van der Waals surface area contributed by atoms with Gasteiger partial charge in [0.1, 0.15) is 17.6 Å². The number of aromatic hydroxyl groups is 1.